The van der Waals surface area contributed by atoms with E-state index in [1.54, 1.807) is 30.3 Å². The predicted octanol–water partition coefficient (Wildman–Crippen LogP) is 6.16. The second kappa shape index (κ2) is 8.64. The number of hydrogen-bond acceptors (Lipinski definition) is 4. The van der Waals surface area contributed by atoms with Gasteiger partial charge in [0.2, 0.25) is 0 Å². The van der Waals surface area contributed by atoms with E-state index in [0.29, 0.717) is 31.4 Å². The van der Waals surface area contributed by atoms with Crippen molar-refractivity contribution in [1.29, 1.82) is 5.26 Å². The number of thioether (sulfide) groups is 1. The van der Waals surface area contributed by atoms with Crippen molar-refractivity contribution in [1.82, 2.24) is 9.88 Å². The molecular weight excluding hydrogens is 451 g/mol. The maximum atomic E-state index is 12.5. The van der Waals surface area contributed by atoms with E-state index in [1.807, 2.05) is 38.1 Å². The third-order valence-corrected chi connectivity index (χ3v) is 6.53. The maximum Gasteiger partial charge on any atom is 0.264 e. The smallest absolute Gasteiger partial charge is 0.264 e. The van der Waals surface area contributed by atoms with Gasteiger partial charge in [-0.1, -0.05) is 29.3 Å². The number of amidine groups is 1. The Balaban J connectivity index is 1.65. The summed E-state index contributed by atoms with van der Waals surface area (Å²) >= 11 is 13.5. The number of amides is 1. The molecule has 3 aromatic rings. The SMILES string of the molecule is Cc1cc(/C=C2/SC(=Nc3cccc(Cl)c3Cl)NC2=O)c(C)n1-c1ccc(C#N)cc1. The molecule has 0 aliphatic carbocycles. The molecule has 1 aromatic heterocycles. The molecule has 8 heteroatoms. The third-order valence-electron chi connectivity index (χ3n) is 4.82. The topological polar surface area (TPSA) is 70.2 Å². The Morgan fingerprint density at radius 3 is 2.61 bits per heavy atom. The van der Waals surface area contributed by atoms with Gasteiger partial charge in [0.05, 0.1) is 32.3 Å². The number of rotatable bonds is 3. The monoisotopic (exact) mass is 466 g/mol. The van der Waals surface area contributed by atoms with E-state index in [4.69, 9.17) is 28.5 Å². The van der Waals surface area contributed by atoms with Crippen molar-refractivity contribution >= 4 is 57.8 Å². The molecule has 1 N–H and O–H groups in total. The van der Waals surface area contributed by atoms with Gasteiger partial charge in [-0.05, 0) is 79.7 Å². The number of nitrogens with zero attached hydrogens (tertiary/aromatic N) is 3. The molecule has 1 saturated heterocycles. The van der Waals surface area contributed by atoms with Crippen LogP contribution in [-0.2, 0) is 4.79 Å². The normalized spacial score (nSPS) is 16.0. The maximum absolute atomic E-state index is 12.5. The van der Waals surface area contributed by atoms with Gasteiger partial charge in [-0.2, -0.15) is 5.26 Å². The highest BCUT2D eigenvalue weighted by Crippen LogP contribution is 2.35. The molecule has 154 valence electrons. The lowest BCUT2D eigenvalue weighted by atomic mass is 10.2. The van der Waals surface area contributed by atoms with Gasteiger partial charge in [0, 0.05) is 17.1 Å². The van der Waals surface area contributed by atoms with Crippen molar-refractivity contribution in [2.24, 2.45) is 4.99 Å². The first-order chi connectivity index (χ1) is 14.9. The molecule has 1 amide bonds. The summed E-state index contributed by atoms with van der Waals surface area (Å²) in [5, 5.41) is 13.0. The molecule has 4 rings (SSSR count). The van der Waals surface area contributed by atoms with Crippen molar-refractivity contribution in [2.45, 2.75) is 13.8 Å². The molecule has 1 aliphatic rings. The quantitative estimate of drug-likeness (QED) is 0.469. The van der Waals surface area contributed by atoms with Crippen LogP contribution in [-0.4, -0.2) is 15.6 Å². The lowest BCUT2D eigenvalue weighted by Crippen LogP contribution is -2.19. The van der Waals surface area contributed by atoms with Gasteiger partial charge in [0.25, 0.3) is 5.91 Å². The molecule has 0 unspecified atom stereocenters. The van der Waals surface area contributed by atoms with Crippen LogP contribution in [0.5, 0.6) is 0 Å². The number of aromatic nitrogens is 1. The Kier molecular flexibility index (Phi) is 5.92. The van der Waals surface area contributed by atoms with E-state index in [1.165, 1.54) is 11.8 Å². The number of carbonyl (C=O) groups is 1. The van der Waals surface area contributed by atoms with Crippen LogP contribution in [0.4, 0.5) is 5.69 Å². The van der Waals surface area contributed by atoms with Crippen molar-refractivity contribution < 1.29 is 4.79 Å². The summed E-state index contributed by atoms with van der Waals surface area (Å²) in [6, 6.07) is 16.7. The van der Waals surface area contributed by atoms with E-state index in [-0.39, 0.29) is 5.91 Å². The highest BCUT2D eigenvalue weighted by molar-refractivity contribution is 8.18. The number of benzene rings is 2. The number of halogens is 2. The Morgan fingerprint density at radius 2 is 1.90 bits per heavy atom. The van der Waals surface area contributed by atoms with Gasteiger partial charge < -0.3 is 9.88 Å². The van der Waals surface area contributed by atoms with E-state index in [0.717, 1.165) is 22.6 Å². The molecule has 31 heavy (non-hydrogen) atoms. The molecule has 2 heterocycles. The lowest BCUT2D eigenvalue weighted by molar-refractivity contribution is -0.115. The average Bonchev–Trinajstić information content (AvgIpc) is 3.24. The van der Waals surface area contributed by atoms with Gasteiger partial charge in [0.15, 0.2) is 5.17 Å². The highest BCUT2D eigenvalue weighted by atomic mass is 35.5. The van der Waals surface area contributed by atoms with E-state index >= 15 is 0 Å². The first kappa shape index (κ1) is 21.3. The van der Waals surface area contributed by atoms with Crippen LogP contribution >= 0.6 is 35.0 Å². The Bertz CT molecular complexity index is 1300. The van der Waals surface area contributed by atoms with Gasteiger partial charge in [-0.15, -0.1) is 0 Å². The van der Waals surface area contributed by atoms with Crippen molar-refractivity contribution in [3.63, 3.8) is 0 Å². The molecule has 0 bridgehead atoms. The zero-order chi connectivity index (χ0) is 22.1. The summed E-state index contributed by atoms with van der Waals surface area (Å²) < 4.78 is 2.09. The van der Waals surface area contributed by atoms with E-state index in [2.05, 4.69) is 20.9 Å². The van der Waals surface area contributed by atoms with Gasteiger partial charge in [-0.3, -0.25) is 4.79 Å². The Hall–Kier alpha value is -2.98. The van der Waals surface area contributed by atoms with Crippen LogP contribution in [0, 0.1) is 25.2 Å². The fourth-order valence-corrected chi connectivity index (χ4v) is 4.49. The van der Waals surface area contributed by atoms with Crippen LogP contribution < -0.4 is 5.32 Å². The standard InChI is InChI=1S/C23H16Cl2N4OS/c1-13-10-16(14(2)29(13)17-8-6-15(12-26)7-9-17)11-20-22(30)28-23(31-20)27-19-5-3-4-18(24)21(19)25/h3-11H,1-2H3,(H,27,28,30)/b20-11+. The second-order valence-corrected chi connectivity index (χ2v) is 8.69. The Morgan fingerprint density at radius 1 is 1.16 bits per heavy atom. The number of hydrogen-bond donors (Lipinski definition) is 1. The van der Waals surface area contributed by atoms with Gasteiger partial charge in [-0.25, -0.2) is 4.99 Å². The number of nitrogens with one attached hydrogen (secondary N) is 1. The summed E-state index contributed by atoms with van der Waals surface area (Å²) in [6.07, 6.45) is 1.85. The number of aliphatic imine (C=N–C) groups is 1. The van der Waals surface area contributed by atoms with E-state index < -0.39 is 0 Å². The van der Waals surface area contributed by atoms with Crippen molar-refractivity contribution in [3.8, 4) is 11.8 Å². The van der Waals surface area contributed by atoms with Crippen LogP contribution in [0.2, 0.25) is 10.0 Å². The van der Waals surface area contributed by atoms with Crippen molar-refractivity contribution in [2.75, 3.05) is 0 Å². The first-order valence-electron chi connectivity index (χ1n) is 9.30. The largest absolute Gasteiger partial charge is 0.318 e. The fourth-order valence-electron chi connectivity index (χ4n) is 3.33. The average molecular weight is 467 g/mol. The van der Waals surface area contributed by atoms with Gasteiger partial charge in [0.1, 0.15) is 0 Å². The summed E-state index contributed by atoms with van der Waals surface area (Å²) in [7, 11) is 0. The predicted molar refractivity (Wildman–Crippen MR) is 127 cm³/mol. The molecule has 1 aliphatic heterocycles. The highest BCUT2D eigenvalue weighted by Gasteiger charge is 2.25. The molecule has 0 saturated carbocycles. The molecule has 0 radical (unpaired) electrons. The summed E-state index contributed by atoms with van der Waals surface area (Å²) in [5.74, 6) is -0.218. The zero-order valence-corrected chi connectivity index (χ0v) is 18.9. The number of aryl methyl sites for hydroxylation is 1. The number of carbonyl (C=O) groups excluding carboxylic acids is 1. The molecule has 5 nitrogen and oxygen atoms in total. The van der Waals surface area contributed by atoms with Crippen LogP contribution in [0.1, 0.15) is 22.5 Å². The second-order valence-electron chi connectivity index (χ2n) is 6.88. The summed E-state index contributed by atoms with van der Waals surface area (Å²) in [5.41, 5.74) is 5.02. The van der Waals surface area contributed by atoms with E-state index in [9.17, 15) is 4.79 Å². The minimum Gasteiger partial charge on any atom is -0.318 e. The lowest BCUT2D eigenvalue weighted by Gasteiger charge is -2.09. The Labute approximate surface area is 194 Å². The molecule has 2 aromatic carbocycles. The third kappa shape index (κ3) is 4.26. The summed E-state index contributed by atoms with van der Waals surface area (Å²) in [4.78, 5) is 17.5. The summed E-state index contributed by atoms with van der Waals surface area (Å²) in [6.45, 7) is 4.00. The minimum absolute atomic E-state index is 0.218. The molecule has 0 spiro atoms. The number of nitriles is 1. The first-order valence-corrected chi connectivity index (χ1v) is 10.9. The molecule has 1 fully saturated rings. The van der Waals surface area contributed by atoms with Crippen molar-refractivity contribution in [3.05, 3.63) is 86.0 Å². The minimum atomic E-state index is -0.218. The van der Waals surface area contributed by atoms with Gasteiger partial charge >= 0.3 is 0 Å². The van der Waals surface area contributed by atoms with Crippen LogP contribution in [0.15, 0.2) is 58.4 Å². The van der Waals surface area contributed by atoms with Crippen LogP contribution in [0.25, 0.3) is 11.8 Å². The zero-order valence-electron chi connectivity index (χ0n) is 16.6. The molecule has 0 atom stereocenters. The fraction of sp³-hybridized carbons (Fsp3) is 0.0870. The molecular formula is C23H16Cl2N4OS. The van der Waals surface area contributed by atoms with Crippen LogP contribution in [0.3, 0.4) is 0 Å².